The average Bonchev–Trinajstić information content (AvgIpc) is 4.06. The Bertz CT molecular complexity index is 3300. The molecule has 7 heterocycles. The molecule has 342 valence electrons. The van der Waals surface area contributed by atoms with Gasteiger partial charge in [0, 0.05) is 67.7 Å². The highest BCUT2D eigenvalue weighted by molar-refractivity contribution is 6.37. The summed E-state index contributed by atoms with van der Waals surface area (Å²) in [5.41, 5.74) is 16.7. The summed E-state index contributed by atoms with van der Waals surface area (Å²) in [6.07, 6.45) is 4.62. The summed E-state index contributed by atoms with van der Waals surface area (Å²) in [7, 11) is 1.52. The smallest absolute Gasteiger partial charge is 0.261 e. The van der Waals surface area contributed by atoms with Crippen molar-refractivity contribution in [3.05, 3.63) is 86.6 Å². The number of hydrogen-bond donors (Lipinski definition) is 3. The van der Waals surface area contributed by atoms with E-state index in [0.29, 0.717) is 112 Å². The number of rotatable bonds is 16. The van der Waals surface area contributed by atoms with Crippen molar-refractivity contribution in [2.75, 3.05) is 46.6 Å². The number of amides is 2. The molecule has 66 heavy (non-hydrogen) atoms. The number of nitrogens with zero attached hydrogens (tertiary/aromatic N) is 10. The standard InChI is InChI=1S/C46H50ClN13O6/c1-6-59-31(19-25(3)54-59)42-50-39(47)35-29-21-27(40(48)61)23-33(64-5)37(29)57(44(35)51-42)12-8-9-13-58-38-30(36-45(58)52-43(53-46(36)63)32-20-26(4)55-60(32)7-2)22-28(41(49)62)24-34(38)66-16-10-11-56-14-17-65-18-15-56/h8-9,19-24H,6-7,10-18H2,1-5H3,(H2,48,61)(H2,49,62)(H,52,53,63)/b9-8+. The Morgan fingerprint density at radius 1 is 0.803 bits per heavy atom. The predicted octanol–water partition coefficient (Wildman–Crippen LogP) is 5.38. The number of morpholine rings is 1. The van der Waals surface area contributed by atoms with Gasteiger partial charge in [0.05, 0.1) is 60.1 Å². The number of methoxy groups -OCH3 is 1. The first-order valence-electron chi connectivity index (χ1n) is 21.8. The van der Waals surface area contributed by atoms with Crippen LogP contribution >= 0.6 is 11.6 Å². The lowest BCUT2D eigenvalue weighted by Gasteiger charge is -2.26. The number of fused-ring (bicyclic) bond motifs is 6. The molecule has 6 aromatic heterocycles. The van der Waals surface area contributed by atoms with Gasteiger partial charge in [-0.15, -0.1) is 0 Å². The molecule has 20 heteroatoms. The second kappa shape index (κ2) is 18.1. The van der Waals surface area contributed by atoms with Gasteiger partial charge in [0.15, 0.2) is 11.6 Å². The molecule has 0 spiro atoms. The lowest BCUT2D eigenvalue weighted by atomic mass is 10.1. The quantitative estimate of drug-likeness (QED) is 0.0630. The van der Waals surface area contributed by atoms with Crippen LogP contribution in [0, 0.1) is 13.8 Å². The van der Waals surface area contributed by atoms with Gasteiger partial charge in [-0.2, -0.15) is 10.2 Å². The number of nitrogens with two attached hydrogens (primary N) is 2. The van der Waals surface area contributed by atoms with Crippen LogP contribution in [0.5, 0.6) is 11.5 Å². The first kappa shape index (κ1) is 44.1. The number of aromatic amines is 1. The first-order valence-corrected chi connectivity index (χ1v) is 22.2. The van der Waals surface area contributed by atoms with Gasteiger partial charge >= 0.3 is 0 Å². The maximum Gasteiger partial charge on any atom is 0.261 e. The van der Waals surface area contributed by atoms with E-state index >= 15 is 0 Å². The highest BCUT2D eigenvalue weighted by atomic mass is 35.5. The van der Waals surface area contributed by atoms with E-state index < -0.39 is 17.4 Å². The minimum absolute atomic E-state index is 0.178. The second-order valence-corrected chi connectivity index (χ2v) is 16.5. The largest absolute Gasteiger partial charge is 0.495 e. The number of allylic oxidation sites excluding steroid dienone is 2. The van der Waals surface area contributed by atoms with Crippen molar-refractivity contribution < 1.29 is 23.8 Å². The third-order valence-electron chi connectivity index (χ3n) is 11.9. The van der Waals surface area contributed by atoms with E-state index in [-0.39, 0.29) is 34.8 Å². The maximum absolute atomic E-state index is 14.3. The lowest BCUT2D eigenvalue weighted by molar-refractivity contribution is 0.0358. The maximum atomic E-state index is 14.3. The van der Waals surface area contributed by atoms with Gasteiger partial charge in [-0.25, -0.2) is 15.0 Å². The Labute approximate surface area is 382 Å². The number of halogens is 1. The average molecular weight is 916 g/mol. The lowest BCUT2D eigenvalue weighted by Crippen LogP contribution is -2.37. The van der Waals surface area contributed by atoms with E-state index in [4.69, 9.17) is 52.2 Å². The number of aromatic nitrogens is 10. The molecule has 1 aliphatic rings. The van der Waals surface area contributed by atoms with Crippen molar-refractivity contribution in [1.29, 1.82) is 0 Å². The Hall–Kier alpha value is -7.09. The van der Waals surface area contributed by atoms with Crippen LogP contribution in [0.1, 0.15) is 52.4 Å². The minimum atomic E-state index is -0.662. The van der Waals surface area contributed by atoms with Crippen LogP contribution in [0.25, 0.3) is 66.9 Å². The number of H-pyrrole nitrogens is 1. The molecule has 1 aliphatic heterocycles. The van der Waals surface area contributed by atoms with E-state index in [2.05, 4.69) is 20.1 Å². The summed E-state index contributed by atoms with van der Waals surface area (Å²) in [6.45, 7) is 13.6. The zero-order valence-electron chi connectivity index (χ0n) is 37.4. The van der Waals surface area contributed by atoms with Gasteiger partial charge in [-0.05, 0) is 70.5 Å². The van der Waals surface area contributed by atoms with Crippen LogP contribution in [0.15, 0.2) is 53.3 Å². The minimum Gasteiger partial charge on any atom is -0.495 e. The summed E-state index contributed by atoms with van der Waals surface area (Å²) >= 11 is 7.03. The van der Waals surface area contributed by atoms with E-state index in [0.717, 1.165) is 31.0 Å². The first-order chi connectivity index (χ1) is 31.9. The number of primary amides is 2. The van der Waals surface area contributed by atoms with Gasteiger partial charge < -0.3 is 39.8 Å². The third-order valence-corrected chi connectivity index (χ3v) is 12.1. The number of aryl methyl sites for hydroxylation is 4. The summed E-state index contributed by atoms with van der Waals surface area (Å²) in [5.74, 6) is 0.201. The van der Waals surface area contributed by atoms with Crippen LogP contribution < -0.4 is 26.5 Å². The molecule has 1 saturated heterocycles. The van der Waals surface area contributed by atoms with Crippen molar-refractivity contribution in [2.24, 2.45) is 11.5 Å². The zero-order valence-corrected chi connectivity index (χ0v) is 38.1. The van der Waals surface area contributed by atoms with Crippen molar-refractivity contribution in [2.45, 2.75) is 60.3 Å². The molecule has 0 unspecified atom stereocenters. The number of benzene rings is 2. The molecule has 0 saturated carbocycles. The fourth-order valence-corrected chi connectivity index (χ4v) is 9.12. The van der Waals surface area contributed by atoms with Crippen molar-refractivity contribution >= 4 is 67.3 Å². The topological polar surface area (TPSA) is 234 Å². The zero-order chi connectivity index (χ0) is 46.4. The van der Waals surface area contributed by atoms with E-state index in [1.165, 1.54) is 7.11 Å². The van der Waals surface area contributed by atoms with Crippen molar-refractivity contribution in [3.8, 4) is 34.5 Å². The van der Waals surface area contributed by atoms with E-state index in [1.807, 2.05) is 65.8 Å². The molecule has 1 fully saturated rings. The SMILES string of the molecule is CCn1nc(C)cc1-c1nc(Cl)c2c3cc(C(N)=O)cc(OC)c3n(C/C=C/Cn3c4nc(-c5cc(C)nn5CC)[nH]c(=O)c4c4cc(C(N)=O)cc(OCCCN5CCOCC5)c43)c2n1. The number of carbonyl (C=O) groups is 2. The molecular weight excluding hydrogens is 866 g/mol. The summed E-state index contributed by atoms with van der Waals surface area (Å²) < 4.78 is 25.4. The van der Waals surface area contributed by atoms with Gasteiger partial charge in [0.1, 0.15) is 39.3 Å². The molecule has 0 aliphatic carbocycles. The van der Waals surface area contributed by atoms with Crippen LogP contribution in [-0.2, 0) is 30.9 Å². The molecule has 5 N–H and O–H groups in total. The predicted molar refractivity (Wildman–Crippen MR) is 251 cm³/mol. The molecule has 2 amide bonds. The van der Waals surface area contributed by atoms with Crippen LogP contribution in [-0.4, -0.2) is 112 Å². The van der Waals surface area contributed by atoms with E-state index in [9.17, 15) is 14.4 Å². The van der Waals surface area contributed by atoms with Crippen LogP contribution in [0.3, 0.4) is 0 Å². The molecule has 8 aromatic rings. The molecule has 2 aromatic carbocycles. The van der Waals surface area contributed by atoms with E-state index in [1.54, 1.807) is 28.9 Å². The van der Waals surface area contributed by atoms with Gasteiger partial charge in [-0.1, -0.05) is 23.8 Å². The van der Waals surface area contributed by atoms with Gasteiger partial charge in [-0.3, -0.25) is 28.6 Å². The monoisotopic (exact) mass is 915 g/mol. The Morgan fingerprint density at radius 3 is 2.00 bits per heavy atom. The highest BCUT2D eigenvalue weighted by Crippen LogP contribution is 2.40. The molecule has 9 rings (SSSR count). The molecule has 0 radical (unpaired) electrons. The molecule has 0 atom stereocenters. The number of hydrogen-bond acceptors (Lipinski definition) is 12. The fraction of sp³-hybridized carbons (Fsp3) is 0.348. The number of carbonyl (C=O) groups excluding carboxylic acids is 2. The second-order valence-electron chi connectivity index (χ2n) is 16.1. The van der Waals surface area contributed by atoms with Crippen LogP contribution in [0.2, 0.25) is 5.15 Å². The molecule has 19 nitrogen and oxygen atoms in total. The summed E-state index contributed by atoms with van der Waals surface area (Å²) in [6, 6.07) is 10.3. The van der Waals surface area contributed by atoms with Gasteiger partial charge in [0.2, 0.25) is 11.8 Å². The van der Waals surface area contributed by atoms with Crippen molar-refractivity contribution in [1.82, 2.24) is 53.5 Å². The van der Waals surface area contributed by atoms with Crippen LogP contribution in [0.4, 0.5) is 0 Å². The summed E-state index contributed by atoms with van der Waals surface area (Å²) in [5, 5.41) is 11.2. The molecule has 0 bridgehead atoms. The number of nitrogens with one attached hydrogen (secondary N) is 1. The highest BCUT2D eigenvalue weighted by Gasteiger charge is 2.25. The Morgan fingerprint density at radius 2 is 1.38 bits per heavy atom. The summed E-state index contributed by atoms with van der Waals surface area (Å²) in [4.78, 5) is 59.8. The molecular formula is C46H50ClN13O6. The normalized spacial score (nSPS) is 13.6. The Balaban J connectivity index is 1.18. The van der Waals surface area contributed by atoms with Gasteiger partial charge in [0.25, 0.3) is 5.56 Å². The van der Waals surface area contributed by atoms with Crippen molar-refractivity contribution in [3.63, 3.8) is 0 Å². The fourth-order valence-electron chi connectivity index (χ4n) is 8.85. The Kier molecular flexibility index (Phi) is 12.1. The number of ether oxygens (including phenoxy) is 3. The third kappa shape index (κ3) is 8.02.